The molecule has 0 N–H and O–H groups in total. The van der Waals surface area contributed by atoms with Crippen molar-refractivity contribution in [1.82, 2.24) is 15.0 Å². The average Bonchev–Trinajstić information content (AvgIpc) is 3.95. The predicted molar refractivity (Wildman–Crippen MR) is 229 cm³/mol. The largest absolute Gasteiger partial charge is 0.486 e. The second-order valence-electron chi connectivity index (χ2n) is 15.4. The van der Waals surface area contributed by atoms with Gasteiger partial charge in [-0.25, -0.2) is 10.2 Å². The van der Waals surface area contributed by atoms with Gasteiger partial charge in [-0.15, -0.1) is 35.9 Å². The number of furan rings is 1. The summed E-state index contributed by atoms with van der Waals surface area (Å²) in [6.07, 6.45) is 2.89. The van der Waals surface area contributed by atoms with E-state index in [-0.39, 0.29) is 65.6 Å². The van der Waals surface area contributed by atoms with E-state index in [9.17, 15) is 9.65 Å². The summed E-state index contributed by atoms with van der Waals surface area (Å²) in [6, 6.07) is 28.1. The van der Waals surface area contributed by atoms with E-state index in [1.54, 1.807) is 18.3 Å². The molecule has 1 aliphatic carbocycles. The average molecular weight is 959 g/mol. The number of aryl methyl sites for hydroxylation is 2. The molecule has 4 aromatic heterocycles. The molecule has 293 valence electrons. The van der Waals surface area contributed by atoms with Crippen LogP contribution in [0, 0.1) is 54.8 Å². The zero-order chi connectivity index (χ0) is 48.1. The van der Waals surface area contributed by atoms with Crippen LogP contribution in [0.1, 0.15) is 81.1 Å². The van der Waals surface area contributed by atoms with Crippen LogP contribution in [0.25, 0.3) is 55.8 Å². The third kappa shape index (κ3) is 9.34. The second kappa shape index (κ2) is 17.8. The SMILES string of the molecule is [2H]C([2H])([2H])c1c[c-]c(-c2cc(C([2H])([2H])C(C)C)c([Si](C)(C)C)cn2)c(F)c1.[2H]C([2H])([2H])c1cc(-c2[c-]cc(C#N)c3c2oc2nc(-c4ccccc4)ccc23)ncc1C([2H])([2H])C1CCCC1.[Ir]. The van der Waals surface area contributed by atoms with Crippen molar-refractivity contribution in [2.45, 2.75) is 85.6 Å². The topological polar surface area (TPSA) is 75.6 Å². The normalized spacial score (nSPS) is 16.6. The minimum absolute atomic E-state index is 0. The maximum Gasteiger partial charge on any atom is 0.216 e. The fourth-order valence-electron chi connectivity index (χ4n) is 7.03. The zero-order valence-corrected chi connectivity index (χ0v) is 35.9. The summed E-state index contributed by atoms with van der Waals surface area (Å²) in [5.74, 6) is -1.25. The number of nitriles is 1. The molecule has 5 nitrogen and oxygen atoms in total. The quantitative estimate of drug-likeness (QED) is 0.112. The van der Waals surface area contributed by atoms with Crippen molar-refractivity contribution in [1.29, 1.82) is 5.26 Å². The Morgan fingerprint density at radius 3 is 2.35 bits per heavy atom. The Labute approximate surface area is 365 Å². The first-order valence-corrected chi connectivity index (χ1v) is 22.3. The Bertz CT molecular complexity index is 2970. The number of halogens is 1. The monoisotopic (exact) mass is 959 g/mol. The summed E-state index contributed by atoms with van der Waals surface area (Å²) in [4.78, 5) is 13.6. The number of benzene rings is 3. The molecule has 3 aromatic carbocycles. The molecule has 0 bridgehead atoms. The third-order valence-corrected chi connectivity index (χ3v) is 11.8. The molecule has 1 aliphatic rings. The van der Waals surface area contributed by atoms with Crippen LogP contribution in [0.3, 0.4) is 0 Å². The standard InChI is InChI=1S/C30H24N3O.C19H25FNSi.Ir/c1-19-15-27(32-18-23(19)16-20-7-5-6-8-20)24-12-11-22(17-31)28-25-13-14-26(21-9-3-2-4-10-21)33-30(25)34-29(24)28;1-13(2)9-15-11-18(21-12-19(15)22(4,5)6)16-8-7-14(3)10-17(16)20;/h2-4,9-11,13-15,18,20H,5-8,16H2,1H3;7,10-13H,9H2,1-6H3;/q2*-1;/i1D3,16D2;3D3,9D2;. The summed E-state index contributed by atoms with van der Waals surface area (Å²) in [6.45, 7) is 5.00. The summed E-state index contributed by atoms with van der Waals surface area (Å²) >= 11 is 0. The minimum atomic E-state index is -2.55. The molecule has 0 unspecified atom stereocenters. The predicted octanol–water partition coefficient (Wildman–Crippen LogP) is 12.2. The number of hydrogen-bond donors (Lipinski definition) is 0. The van der Waals surface area contributed by atoms with Gasteiger partial charge >= 0.3 is 0 Å². The Hall–Kier alpha value is -4.80. The molecule has 0 spiro atoms. The van der Waals surface area contributed by atoms with Crippen molar-refractivity contribution in [2.75, 3.05) is 0 Å². The van der Waals surface area contributed by atoms with E-state index in [0.29, 0.717) is 44.5 Å². The van der Waals surface area contributed by atoms with E-state index < -0.39 is 40.3 Å². The van der Waals surface area contributed by atoms with E-state index >= 15 is 0 Å². The van der Waals surface area contributed by atoms with E-state index in [0.717, 1.165) is 42.5 Å². The Kier molecular flexibility index (Phi) is 9.45. The molecule has 0 amide bonds. The first-order valence-electron chi connectivity index (χ1n) is 23.8. The van der Waals surface area contributed by atoms with Crippen LogP contribution >= 0.6 is 0 Å². The van der Waals surface area contributed by atoms with Crippen LogP contribution < -0.4 is 5.19 Å². The second-order valence-corrected chi connectivity index (χ2v) is 20.5. The first-order chi connectivity index (χ1) is 30.8. The molecule has 8 rings (SSSR count). The van der Waals surface area contributed by atoms with Gasteiger partial charge in [-0.05, 0) is 76.7 Å². The van der Waals surface area contributed by atoms with E-state index in [1.807, 2.05) is 56.3 Å². The molecular formula is C49H49FIrN4OSi-2. The fourth-order valence-corrected chi connectivity index (χ4v) is 8.44. The van der Waals surface area contributed by atoms with Gasteiger partial charge in [0, 0.05) is 69.0 Å². The van der Waals surface area contributed by atoms with Crippen LogP contribution in [-0.2, 0) is 32.9 Å². The molecule has 0 aliphatic heterocycles. The van der Waals surface area contributed by atoms with Gasteiger partial charge in [-0.2, -0.15) is 0 Å². The zero-order valence-electron chi connectivity index (χ0n) is 42.5. The van der Waals surface area contributed by atoms with Gasteiger partial charge < -0.3 is 14.4 Å². The number of fused-ring (bicyclic) bond motifs is 3. The van der Waals surface area contributed by atoms with Crippen molar-refractivity contribution >= 4 is 35.3 Å². The van der Waals surface area contributed by atoms with Crippen LogP contribution in [0.4, 0.5) is 4.39 Å². The Morgan fingerprint density at radius 1 is 0.930 bits per heavy atom. The van der Waals surface area contributed by atoms with Crippen molar-refractivity contribution in [3.8, 4) is 39.8 Å². The van der Waals surface area contributed by atoms with Crippen LogP contribution in [0.5, 0.6) is 0 Å². The summed E-state index contributed by atoms with van der Waals surface area (Å²) in [5, 5.41) is 11.9. The number of aromatic nitrogens is 3. The van der Waals surface area contributed by atoms with Crippen LogP contribution in [0.2, 0.25) is 19.6 Å². The summed E-state index contributed by atoms with van der Waals surface area (Å²) < 4.78 is 102. The minimum Gasteiger partial charge on any atom is -0.486 e. The summed E-state index contributed by atoms with van der Waals surface area (Å²) in [7, 11) is -1.89. The molecule has 0 atom stereocenters. The third-order valence-electron chi connectivity index (χ3n) is 9.78. The van der Waals surface area contributed by atoms with Crippen molar-refractivity contribution in [3.63, 3.8) is 0 Å². The Morgan fingerprint density at radius 2 is 1.67 bits per heavy atom. The van der Waals surface area contributed by atoms with Crippen LogP contribution in [0.15, 0.2) is 89.6 Å². The fraction of sp³-hybridized carbons (Fsp3) is 0.306. The van der Waals surface area contributed by atoms with Gasteiger partial charge in [0.15, 0.2) is 0 Å². The number of rotatable bonds is 8. The molecule has 1 radical (unpaired) electrons. The molecule has 0 saturated heterocycles. The molecule has 7 aromatic rings. The van der Waals surface area contributed by atoms with Crippen LogP contribution in [-0.4, -0.2) is 23.0 Å². The van der Waals surface area contributed by atoms with Crippen molar-refractivity contribution < 1.29 is 42.6 Å². The van der Waals surface area contributed by atoms with E-state index in [4.69, 9.17) is 23.1 Å². The van der Waals surface area contributed by atoms with E-state index in [1.165, 1.54) is 18.3 Å². The molecule has 8 heteroatoms. The van der Waals surface area contributed by atoms with Gasteiger partial charge in [0.1, 0.15) is 0 Å². The maximum atomic E-state index is 14.6. The first kappa shape index (κ1) is 30.3. The van der Waals surface area contributed by atoms with E-state index in [2.05, 4.69) is 47.8 Å². The maximum absolute atomic E-state index is 14.6. The van der Waals surface area contributed by atoms with Gasteiger partial charge in [0.05, 0.1) is 19.4 Å². The van der Waals surface area contributed by atoms with Gasteiger partial charge in [0.2, 0.25) is 5.71 Å². The van der Waals surface area contributed by atoms with Crippen molar-refractivity contribution in [3.05, 3.63) is 131 Å². The molecule has 1 saturated carbocycles. The van der Waals surface area contributed by atoms with Gasteiger partial charge in [-0.1, -0.05) is 131 Å². The number of hydrogen-bond acceptors (Lipinski definition) is 5. The Balaban J connectivity index is 0.000000234. The number of pyridine rings is 3. The van der Waals surface area contributed by atoms with Gasteiger partial charge in [-0.3, -0.25) is 4.39 Å². The molecule has 4 heterocycles. The molecular weight excluding hydrogens is 900 g/mol. The van der Waals surface area contributed by atoms with Gasteiger partial charge in [0.25, 0.3) is 0 Å². The smallest absolute Gasteiger partial charge is 0.216 e. The number of nitrogens with zero attached hydrogens (tertiary/aromatic N) is 4. The molecule has 1 fully saturated rings. The summed E-state index contributed by atoms with van der Waals surface area (Å²) in [5.41, 5.74) is 4.06. The van der Waals surface area contributed by atoms with Crippen molar-refractivity contribution in [2.24, 2.45) is 11.8 Å². The molecule has 57 heavy (non-hydrogen) atoms.